The van der Waals surface area contributed by atoms with E-state index in [1.165, 1.54) is 0 Å². The van der Waals surface area contributed by atoms with Crippen LogP contribution in [0.1, 0.15) is 26.2 Å². The molecule has 0 radical (unpaired) electrons. The normalized spacial score (nSPS) is 26.8. The fourth-order valence-corrected chi connectivity index (χ4v) is 2.54. The Balaban J connectivity index is 2.48. The van der Waals surface area contributed by atoms with Gasteiger partial charge in [0.05, 0.1) is 5.75 Å². The van der Waals surface area contributed by atoms with E-state index in [0.29, 0.717) is 6.54 Å². The Morgan fingerprint density at radius 1 is 1.50 bits per heavy atom. The molecule has 2 atom stereocenters. The van der Waals surface area contributed by atoms with E-state index in [1.54, 1.807) is 4.90 Å². The Hall–Kier alpha value is -0.620. The molecule has 0 bridgehead atoms. The number of hydrogen-bond donors (Lipinski definition) is 1. The average Bonchev–Trinajstić information content (AvgIpc) is 2.13. The molecule has 1 aliphatic heterocycles. The zero-order valence-electron chi connectivity index (χ0n) is 9.85. The van der Waals surface area contributed by atoms with Crippen LogP contribution in [0.15, 0.2) is 0 Å². The number of rotatable bonds is 3. The quantitative estimate of drug-likeness (QED) is 0.747. The van der Waals surface area contributed by atoms with E-state index >= 15 is 0 Å². The number of amides is 1. The summed E-state index contributed by atoms with van der Waals surface area (Å²) in [6, 6.07) is 0.282. The van der Waals surface area contributed by atoms with Crippen molar-refractivity contribution < 1.29 is 13.2 Å². The minimum absolute atomic E-state index is 0.0683. The summed E-state index contributed by atoms with van der Waals surface area (Å²) >= 11 is 0. The summed E-state index contributed by atoms with van der Waals surface area (Å²) in [5, 5.41) is 0. The average molecular weight is 248 g/mol. The molecule has 0 spiro atoms. The minimum atomic E-state index is -3.06. The second-order valence-corrected chi connectivity index (χ2v) is 6.86. The number of carbonyl (C=O) groups is 1. The number of hydrogen-bond acceptors (Lipinski definition) is 4. The van der Waals surface area contributed by atoms with Gasteiger partial charge in [-0.25, -0.2) is 8.42 Å². The maximum atomic E-state index is 11.8. The molecule has 94 valence electrons. The first-order chi connectivity index (χ1) is 7.29. The first-order valence-corrected chi connectivity index (χ1v) is 7.58. The van der Waals surface area contributed by atoms with Crippen molar-refractivity contribution in [2.75, 3.05) is 18.6 Å². The lowest BCUT2D eigenvalue weighted by molar-refractivity contribution is -0.134. The minimum Gasteiger partial charge on any atom is -0.340 e. The van der Waals surface area contributed by atoms with Crippen LogP contribution in [0, 0.1) is 0 Å². The number of nitrogens with two attached hydrogens (primary N) is 1. The van der Waals surface area contributed by atoms with Gasteiger partial charge in [-0.1, -0.05) is 0 Å². The Kier molecular flexibility index (Phi) is 4.32. The first-order valence-electron chi connectivity index (χ1n) is 5.52. The van der Waals surface area contributed by atoms with Gasteiger partial charge < -0.3 is 10.6 Å². The van der Waals surface area contributed by atoms with Gasteiger partial charge in [0.15, 0.2) is 0 Å². The molecule has 1 heterocycles. The van der Waals surface area contributed by atoms with Crippen molar-refractivity contribution in [3.8, 4) is 0 Å². The molecule has 2 N–H and O–H groups in total. The molecule has 0 aliphatic carbocycles. The van der Waals surface area contributed by atoms with Crippen LogP contribution in [0.25, 0.3) is 0 Å². The Morgan fingerprint density at radius 2 is 2.12 bits per heavy atom. The zero-order chi connectivity index (χ0) is 12.3. The Bertz CT molecular complexity index is 353. The molecule has 1 fully saturated rings. The Morgan fingerprint density at radius 3 is 2.62 bits per heavy atom. The lowest BCUT2D eigenvalue weighted by Gasteiger charge is -2.36. The molecule has 5 nitrogen and oxygen atoms in total. The van der Waals surface area contributed by atoms with Gasteiger partial charge in [-0.05, 0) is 19.8 Å². The lowest BCUT2D eigenvalue weighted by Crippen LogP contribution is -2.48. The molecule has 1 saturated heterocycles. The van der Waals surface area contributed by atoms with Gasteiger partial charge in [0, 0.05) is 31.3 Å². The van der Waals surface area contributed by atoms with E-state index < -0.39 is 9.84 Å². The largest absolute Gasteiger partial charge is 0.340 e. The molecule has 0 saturated carbocycles. The fraction of sp³-hybridized carbons (Fsp3) is 0.900. The van der Waals surface area contributed by atoms with Crippen LogP contribution >= 0.6 is 0 Å². The van der Waals surface area contributed by atoms with E-state index in [0.717, 1.165) is 19.1 Å². The summed E-state index contributed by atoms with van der Waals surface area (Å²) in [6.45, 7) is 2.60. The summed E-state index contributed by atoms with van der Waals surface area (Å²) in [7, 11) is -3.06. The van der Waals surface area contributed by atoms with Gasteiger partial charge in [0.25, 0.3) is 0 Å². The van der Waals surface area contributed by atoms with E-state index in [-0.39, 0.29) is 30.2 Å². The zero-order valence-corrected chi connectivity index (χ0v) is 10.7. The molecule has 0 aromatic carbocycles. The van der Waals surface area contributed by atoms with Crippen LogP contribution in [0.5, 0.6) is 0 Å². The van der Waals surface area contributed by atoms with Crippen molar-refractivity contribution in [3.63, 3.8) is 0 Å². The second-order valence-electron chi connectivity index (χ2n) is 4.60. The maximum Gasteiger partial charge on any atom is 0.223 e. The second kappa shape index (κ2) is 5.14. The van der Waals surface area contributed by atoms with Crippen LogP contribution in [-0.4, -0.2) is 49.9 Å². The molecule has 16 heavy (non-hydrogen) atoms. The van der Waals surface area contributed by atoms with Gasteiger partial charge in [-0.2, -0.15) is 0 Å². The van der Waals surface area contributed by atoms with E-state index in [1.807, 2.05) is 6.92 Å². The highest BCUT2D eigenvalue weighted by Crippen LogP contribution is 2.16. The highest BCUT2D eigenvalue weighted by molar-refractivity contribution is 7.90. The molecule has 0 aromatic heterocycles. The third-order valence-electron chi connectivity index (χ3n) is 2.92. The summed E-state index contributed by atoms with van der Waals surface area (Å²) in [6.07, 6.45) is 2.83. The first kappa shape index (κ1) is 13.4. The summed E-state index contributed by atoms with van der Waals surface area (Å²) < 4.78 is 21.9. The SMILES string of the molecule is CC1CC(N)CCN1C(=O)CCS(C)(=O)=O. The van der Waals surface area contributed by atoms with Crippen LogP contribution in [-0.2, 0) is 14.6 Å². The van der Waals surface area contributed by atoms with E-state index in [4.69, 9.17) is 5.73 Å². The number of sulfone groups is 1. The molecule has 1 aliphatic rings. The van der Waals surface area contributed by atoms with Crippen LogP contribution < -0.4 is 5.73 Å². The molecule has 6 heteroatoms. The smallest absolute Gasteiger partial charge is 0.223 e. The van der Waals surface area contributed by atoms with Crippen molar-refractivity contribution >= 4 is 15.7 Å². The molecule has 2 unspecified atom stereocenters. The number of nitrogens with zero attached hydrogens (tertiary/aromatic N) is 1. The number of piperidine rings is 1. The van der Waals surface area contributed by atoms with Crippen molar-refractivity contribution in [1.82, 2.24) is 4.90 Å². The standard InChI is InChI=1S/C10H20N2O3S/c1-8-7-9(11)3-5-12(8)10(13)4-6-16(2,14)15/h8-9H,3-7,11H2,1-2H3. The van der Waals surface area contributed by atoms with E-state index in [2.05, 4.69) is 0 Å². The van der Waals surface area contributed by atoms with E-state index in [9.17, 15) is 13.2 Å². The fourth-order valence-electron chi connectivity index (χ4n) is 2.00. The van der Waals surface area contributed by atoms with Crippen LogP contribution in [0.3, 0.4) is 0 Å². The molecule has 1 rings (SSSR count). The molecular formula is C10H20N2O3S. The number of likely N-dealkylation sites (tertiary alicyclic amines) is 1. The van der Waals surface area contributed by atoms with Crippen molar-refractivity contribution in [2.24, 2.45) is 5.73 Å². The highest BCUT2D eigenvalue weighted by atomic mass is 32.2. The molecule has 0 aromatic rings. The Labute approximate surface area is 96.9 Å². The summed E-state index contributed by atoms with van der Waals surface area (Å²) in [4.78, 5) is 13.5. The van der Waals surface area contributed by atoms with Crippen molar-refractivity contribution in [3.05, 3.63) is 0 Å². The predicted molar refractivity (Wildman–Crippen MR) is 62.7 cm³/mol. The summed E-state index contributed by atoms with van der Waals surface area (Å²) in [5.41, 5.74) is 5.80. The predicted octanol–water partition coefficient (Wildman–Crippen LogP) is -0.241. The summed E-state index contributed by atoms with van der Waals surface area (Å²) in [5.74, 6) is -0.147. The maximum absolute atomic E-state index is 11.8. The molecular weight excluding hydrogens is 228 g/mol. The van der Waals surface area contributed by atoms with Gasteiger partial charge >= 0.3 is 0 Å². The van der Waals surface area contributed by atoms with Crippen molar-refractivity contribution in [1.29, 1.82) is 0 Å². The van der Waals surface area contributed by atoms with Gasteiger partial charge in [0.1, 0.15) is 9.84 Å². The third-order valence-corrected chi connectivity index (χ3v) is 3.87. The third kappa shape index (κ3) is 4.09. The van der Waals surface area contributed by atoms with Gasteiger partial charge in [-0.15, -0.1) is 0 Å². The van der Waals surface area contributed by atoms with Crippen LogP contribution in [0.4, 0.5) is 0 Å². The highest BCUT2D eigenvalue weighted by Gasteiger charge is 2.27. The molecule has 1 amide bonds. The monoisotopic (exact) mass is 248 g/mol. The number of carbonyl (C=O) groups excluding carboxylic acids is 1. The van der Waals surface area contributed by atoms with Crippen LogP contribution in [0.2, 0.25) is 0 Å². The lowest BCUT2D eigenvalue weighted by atomic mass is 9.99. The van der Waals surface area contributed by atoms with Gasteiger partial charge in [0.2, 0.25) is 5.91 Å². The topological polar surface area (TPSA) is 80.5 Å². The van der Waals surface area contributed by atoms with Crippen molar-refractivity contribution in [2.45, 2.75) is 38.3 Å². The van der Waals surface area contributed by atoms with Gasteiger partial charge in [-0.3, -0.25) is 4.79 Å².